The zero-order valence-electron chi connectivity index (χ0n) is 13.3. The molecule has 1 aliphatic carbocycles. The largest absolute Gasteiger partial charge is 0.492 e. The second-order valence-electron chi connectivity index (χ2n) is 5.76. The van der Waals surface area contributed by atoms with Crippen LogP contribution in [0.1, 0.15) is 24.5 Å². The molecule has 0 saturated carbocycles. The predicted octanol–water partition coefficient (Wildman–Crippen LogP) is 3.11. The summed E-state index contributed by atoms with van der Waals surface area (Å²) in [5.41, 5.74) is 9.84. The molecular formula is C18H22N4O. The van der Waals surface area contributed by atoms with Gasteiger partial charge in [0.1, 0.15) is 6.10 Å². The maximum absolute atomic E-state index is 7.48. The molecule has 0 amide bonds. The first-order chi connectivity index (χ1) is 11.1. The van der Waals surface area contributed by atoms with Gasteiger partial charge in [-0.05, 0) is 12.5 Å². The van der Waals surface area contributed by atoms with E-state index in [1.165, 1.54) is 0 Å². The molecular weight excluding hydrogens is 288 g/mol. The van der Waals surface area contributed by atoms with Crippen LogP contribution >= 0.6 is 0 Å². The van der Waals surface area contributed by atoms with Gasteiger partial charge < -0.3 is 20.7 Å². The van der Waals surface area contributed by atoms with Crippen LogP contribution in [-0.2, 0) is 4.74 Å². The first-order valence-corrected chi connectivity index (χ1v) is 7.79. The Morgan fingerprint density at radius 3 is 3.09 bits per heavy atom. The molecule has 5 nitrogen and oxygen atoms in total. The highest BCUT2D eigenvalue weighted by atomic mass is 16.5. The molecule has 1 heterocycles. The third-order valence-corrected chi connectivity index (χ3v) is 4.14. The lowest BCUT2D eigenvalue weighted by atomic mass is 10.0. The summed E-state index contributed by atoms with van der Waals surface area (Å²) in [6, 6.07) is 8.20. The Bertz CT molecular complexity index is 690. The van der Waals surface area contributed by atoms with Gasteiger partial charge in [-0.1, -0.05) is 36.4 Å². The molecule has 120 valence electrons. The number of fused-ring (bicyclic) bond motifs is 2. The van der Waals surface area contributed by atoms with Crippen molar-refractivity contribution >= 4 is 11.6 Å². The number of nitrogens with one attached hydrogen (secondary N) is 2. The van der Waals surface area contributed by atoms with E-state index in [1.54, 1.807) is 4.90 Å². The van der Waals surface area contributed by atoms with E-state index < -0.39 is 0 Å². The molecule has 0 aromatic heterocycles. The first-order valence-electron chi connectivity index (χ1n) is 7.79. The highest BCUT2D eigenvalue weighted by Crippen LogP contribution is 2.34. The lowest BCUT2D eigenvalue weighted by Gasteiger charge is -2.27. The normalized spacial score (nSPS) is 18.9. The Balaban J connectivity index is 1.87. The van der Waals surface area contributed by atoms with Crippen LogP contribution in [-0.4, -0.2) is 24.5 Å². The smallest absolute Gasteiger partial charge is 0.188 e. The fourth-order valence-electron chi connectivity index (χ4n) is 2.73. The van der Waals surface area contributed by atoms with E-state index in [0.29, 0.717) is 6.54 Å². The fourth-order valence-corrected chi connectivity index (χ4v) is 2.73. The second kappa shape index (κ2) is 6.60. The van der Waals surface area contributed by atoms with Crippen molar-refractivity contribution < 1.29 is 4.74 Å². The average Bonchev–Trinajstić information content (AvgIpc) is 2.54. The Morgan fingerprint density at radius 1 is 1.43 bits per heavy atom. The maximum Gasteiger partial charge on any atom is 0.188 e. The molecule has 2 aliphatic rings. The van der Waals surface area contributed by atoms with E-state index >= 15 is 0 Å². The van der Waals surface area contributed by atoms with Crippen molar-refractivity contribution in [1.29, 1.82) is 5.41 Å². The average molecular weight is 310 g/mol. The van der Waals surface area contributed by atoms with Gasteiger partial charge in [-0.25, -0.2) is 0 Å². The molecule has 5 heteroatoms. The van der Waals surface area contributed by atoms with Gasteiger partial charge in [0.15, 0.2) is 5.96 Å². The Labute approximate surface area is 136 Å². The number of rotatable bonds is 3. The van der Waals surface area contributed by atoms with Crippen LogP contribution in [0, 0.1) is 5.41 Å². The molecule has 23 heavy (non-hydrogen) atoms. The number of ether oxygens (including phenoxy) is 1. The maximum atomic E-state index is 7.48. The topological polar surface area (TPSA) is 74.4 Å². The molecule has 4 N–H and O–H groups in total. The fraction of sp³-hybridized carbons (Fsp3) is 0.278. The molecule has 1 atom stereocenters. The molecule has 3 rings (SSSR count). The van der Waals surface area contributed by atoms with Crippen LogP contribution < -0.4 is 11.1 Å². The third-order valence-electron chi connectivity index (χ3n) is 4.14. The summed E-state index contributed by atoms with van der Waals surface area (Å²) >= 11 is 0. The standard InChI is InChI=1S/C18H22N4O/c1-22(18(19)20)11-10-17-14-7-3-5-9-16(14)21-15-8-4-2-6-13(15)12-23-17/h2-3,5-9,12,17,21H,4,10-11H2,1H3,(H3,19,20). The highest BCUT2D eigenvalue weighted by molar-refractivity contribution is 5.74. The molecule has 0 bridgehead atoms. The van der Waals surface area contributed by atoms with E-state index in [-0.39, 0.29) is 12.1 Å². The van der Waals surface area contributed by atoms with Crippen molar-refractivity contribution in [1.82, 2.24) is 4.90 Å². The summed E-state index contributed by atoms with van der Waals surface area (Å²) in [5.74, 6) is 0.0704. The molecule has 1 aliphatic heterocycles. The minimum Gasteiger partial charge on any atom is -0.492 e. The van der Waals surface area contributed by atoms with Crippen LogP contribution in [0.15, 0.2) is 60.0 Å². The Kier molecular flexibility index (Phi) is 4.37. The number of benzene rings is 1. The summed E-state index contributed by atoms with van der Waals surface area (Å²) in [7, 11) is 1.82. The van der Waals surface area contributed by atoms with Gasteiger partial charge in [0.25, 0.3) is 0 Å². The lowest BCUT2D eigenvalue weighted by Crippen LogP contribution is -2.34. The second-order valence-corrected chi connectivity index (χ2v) is 5.76. The summed E-state index contributed by atoms with van der Waals surface area (Å²) in [6.07, 6.45) is 9.78. The van der Waals surface area contributed by atoms with E-state index in [1.807, 2.05) is 25.4 Å². The predicted molar refractivity (Wildman–Crippen MR) is 93.0 cm³/mol. The van der Waals surface area contributed by atoms with Crippen molar-refractivity contribution in [3.8, 4) is 0 Å². The van der Waals surface area contributed by atoms with Gasteiger partial charge in [0, 0.05) is 42.5 Å². The molecule has 0 spiro atoms. The molecule has 0 radical (unpaired) electrons. The van der Waals surface area contributed by atoms with E-state index in [9.17, 15) is 0 Å². The number of hydrogen-bond donors (Lipinski definition) is 3. The Morgan fingerprint density at radius 2 is 2.26 bits per heavy atom. The quantitative estimate of drug-likeness (QED) is 0.592. The number of anilines is 1. The number of para-hydroxylation sites is 1. The number of nitrogens with zero attached hydrogens (tertiary/aromatic N) is 1. The van der Waals surface area contributed by atoms with Crippen molar-refractivity contribution in [2.24, 2.45) is 5.73 Å². The minimum absolute atomic E-state index is 0.0704. The lowest BCUT2D eigenvalue weighted by molar-refractivity contribution is 0.129. The number of allylic oxidation sites excluding steroid dienone is 3. The highest BCUT2D eigenvalue weighted by Gasteiger charge is 2.21. The van der Waals surface area contributed by atoms with Crippen LogP contribution in [0.3, 0.4) is 0 Å². The van der Waals surface area contributed by atoms with Crippen LogP contribution in [0.25, 0.3) is 0 Å². The van der Waals surface area contributed by atoms with Gasteiger partial charge in [0.05, 0.1) is 6.26 Å². The summed E-state index contributed by atoms with van der Waals surface area (Å²) in [6.45, 7) is 0.663. The number of hydrogen-bond acceptors (Lipinski definition) is 3. The third kappa shape index (κ3) is 3.39. The molecule has 0 fully saturated rings. The van der Waals surface area contributed by atoms with Crippen molar-refractivity contribution in [2.75, 3.05) is 18.9 Å². The van der Waals surface area contributed by atoms with Crippen molar-refractivity contribution in [3.63, 3.8) is 0 Å². The Hall–Kier alpha value is -2.69. The minimum atomic E-state index is -0.0788. The van der Waals surface area contributed by atoms with E-state index in [4.69, 9.17) is 15.9 Å². The van der Waals surface area contributed by atoms with Crippen LogP contribution in [0.4, 0.5) is 5.69 Å². The van der Waals surface area contributed by atoms with Gasteiger partial charge >= 0.3 is 0 Å². The molecule has 1 aromatic carbocycles. The number of guanidine groups is 1. The molecule has 0 saturated heterocycles. The van der Waals surface area contributed by atoms with Crippen LogP contribution in [0.2, 0.25) is 0 Å². The van der Waals surface area contributed by atoms with Crippen molar-refractivity contribution in [3.05, 3.63) is 65.6 Å². The van der Waals surface area contributed by atoms with Gasteiger partial charge in [-0.3, -0.25) is 5.41 Å². The van der Waals surface area contributed by atoms with E-state index in [2.05, 4.69) is 35.7 Å². The summed E-state index contributed by atoms with van der Waals surface area (Å²) in [5, 5.41) is 11.0. The zero-order chi connectivity index (χ0) is 16.2. The van der Waals surface area contributed by atoms with Crippen LogP contribution in [0.5, 0.6) is 0 Å². The summed E-state index contributed by atoms with van der Waals surface area (Å²) in [4.78, 5) is 1.72. The van der Waals surface area contributed by atoms with Crippen molar-refractivity contribution in [2.45, 2.75) is 18.9 Å². The summed E-state index contributed by atoms with van der Waals surface area (Å²) < 4.78 is 6.08. The van der Waals surface area contributed by atoms with Gasteiger partial charge in [-0.15, -0.1) is 0 Å². The molecule has 1 aromatic rings. The molecule has 1 unspecified atom stereocenters. The number of nitrogens with two attached hydrogens (primary N) is 1. The van der Waals surface area contributed by atoms with Gasteiger partial charge in [-0.2, -0.15) is 0 Å². The zero-order valence-corrected chi connectivity index (χ0v) is 13.3. The SMILES string of the molecule is CN(CCC1OC=C2C=CCC=C2Nc2ccccc21)C(=N)N. The van der Waals surface area contributed by atoms with E-state index in [0.717, 1.165) is 35.4 Å². The van der Waals surface area contributed by atoms with Gasteiger partial charge in [0.2, 0.25) is 0 Å². The monoisotopic (exact) mass is 310 g/mol. The first kappa shape index (κ1) is 15.2.